The molecule has 1 aliphatic heterocycles. The summed E-state index contributed by atoms with van der Waals surface area (Å²) in [6, 6.07) is 14.0. The van der Waals surface area contributed by atoms with Crippen LogP contribution in [0, 0.1) is 4.77 Å². The van der Waals surface area contributed by atoms with Gasteiger partial charge in [-0.1, -0.05) is 35.9 Å². The van der Waals surface area contributed by atoms with Crippen LogP contribution < -0.4 is 4.74 Å². The van der Waals surface area contributed by atoms with E-state index in [1.54, 1.807) is 0 Å². The summed E-state index contributed by atoms with van der Waals surface area (Å²) in [5, 5.41) is 0.688. The highest BCUT2D eigenvalue weighted by atomic mass is 35.5. The Bertz CT molecular complexity index is 858. The minimum Gasteiger partial charge on any atom is -0.488 e. The Morgan fingerprint density at radius 1 is 1.24 bits per heavy atom. The lowest BCUT2D eigenvalue weighted by Crippen LogP contribution is -2.20. The van der Waals surface area contributed by atoms with Gasteiger partial charge in [0.1, 0.15) is 11.9 Å². The predicted octanol–water partition coefficient (Wildman–Crippen LogP) is 4.36. The molecule has 2 aromatic carbocycles. The lowest BCUT2D eigenvalue weighted by Gasteiger charge is -2.12. The van der Waals surface area contributed by atoms with Crippen molar-refractivity contribution in [1.82, 2.24) is 9.55 Å². The van der Waals surface area contributed by atoms with E-state index in [1.165, 1.54) is 5.56 Å². The van der Waals surface area contributed by atoms with Crippen molar-refractivity contribution in [3.05, 3.63) is 57.8 Å². The minimum atomic E-state index is 0.104. The Morgan fingerprint density at radius 3 is 2.95 bits per heavy atom. The van der Waals surface area contributed by atoms with Gasteiger partial charge in [0.05, 0.1) is 22.6 Å². The zero-order valence-electron chi connectivity index (χ0n) is 11.2. The van der Waals surface area contributed by atoms with Gasteiger partial charge in [-0.25, -0.2) is 0 Å². The fourth-order valence-corrected chi connectivity index (χ4v) is 3.38. The molecule has 0 saturated carbocycles. The Hall–Kier alpha value is -1.78. The van der Waals surface area contributed by atoms with Crippen molar-refractivity contribution >= 4 is 34.9 Å². The van der Waals surface area contributed by atoms with Crippen LogP contribution in [0.5, 0.6) is 5.75 Å². The average molecular weight is 317 g/mol. The first-order valence-corrected chi connectivity index (χ1v) is 7.62. The largest absolute Gasteiger partial charge is 0.488 e. The van der Waals surface area contributed by atoms with Gasteiger partial charge in [-0.05, 0) is 36.0 Å². The number of nitrogens with one attached hydrogen (secondary N) is 1. The number of nitrogens with zero attached hydrogens (tertiary/aromatic N) is 1. The second-order valence-corrected chi connectivity index (χ2v) is 6.02. The highest BCUT2D eigenvalue weighted by Crippen LogP contribution is 2.30. The maximum atomic E-state index is 6.21. The molecule has 3 nitrogen and oxygen atoms in total. The first-order valence-electron chi connectivity index (χ1n) is 6.84. The van der Waals surface area contributed by atoms with E-state index in [-0.39, 0.29) is 6.10 Å². The van der Waals surface area contributed by atoms with Crippen molar-refractivity contribution in [2.45, 2.75) is 19.1 Å². The summed E-state index contributed by atoms with van der Waals surface area (Å²) in [6.07, 6.45) is 1.01. The molecule has 0 spiro atoms. The number of benzene rings is 2. The van der Waals surface area contributed by atoms with E-state index in [4.69, 9.17) is 28.6 Å². The summed E-state index contributed by atoms with van der Waals surface area (Å²) in [5.41, 5.74) is 3.17. The fourth-order valence-electron chi connectivity index (χ4n) is 2.89. The second-order valence-electron chi connectivity index (χ2n) is 5.23. The van der Waals surface area contributed by atoms with Crippen LogP contribution >= 0.6 is 23.8 Å². The quantitative estimate of drug-likeness (QED) is 0.712. The van der Waals surface area contributed by atoms with Crippen LogP contribution in [0.2, 0.25) is 5.02 Å². The van der Waals surface area contributed by atoms with Crippen molar-refractivity contribution in [2.75, 3.05) is 0 Å². The molecule has 0 aliphatic carbocycles. The topological polar surface area (TPSA) is 29.9 Å². The normalized spacial score (nSPS) is 16.9. The maximum Gasteiger partial charge on any atom is 0.178 e. The molecule has 0 fully saturated rings. The molecular formula is C16H13ClN2OS. The van der Waals surface area contributed by atoms with Gasteiger partial charge in [0.15, 0.2) is 4.77 Å². The first-order chi connectivity index (χ1) is 10.2. The van der Waals surface area contributed by atoms with E-state index in [0.717, 1.165) is 23.2 Å². The van der Waals surface area contributed by atoms with Crippen LogP contribution in [0.3, 0.4) is 0 Å². The number of hydrogen-bond donors (Lipinski definition) is 1. The van der Waals surface area contributed by atoms with Gasteiger partial charge >= 0.3 is 0 Å². The van der Waals surface area contributed by atoms with Gasteiger partial charge in [0.2, 0.25) is 0 Å². The number of para-hydroxylation sites is 2. The van der Waals surface area contributed by atoms with E-state index in [1.807, 2.05) is 36.4 Å². The van der Waals surface area contributed by atoms with Gasteiger partial charge in [-0.3, -0.25) is 0 Å². The molecule has 21 heavy (non-hydrogen) atoms. The Labute approximate surface area is 132 Å². The SMILES string of the molecule is S=c1[nH]c2c(Cl)cccc2n1CC1Cc2ccccc2O1. The van der Waals surface area contributed by atoms with Gasteiger partial charge in [0.25, 0.3) is 0 Å². The second kappa shape index (κ2) is 4.90. The third-order valence-corrected chi connectivity index (χ3v) is 4.50. The summed E-state index contributed by atoms with van der Waals surface area (Å²) in [7, 11) is 0. The number of aromatic nitrogens is 2. The molecule has 0 amide bonds. The van der Waals surface area contributed by atoms with Crippen molar-refractivity contribution in [2.24, 2.45) is 0 Å². The molecule has 1 aliphatic rings. The fraction of sp³-hybridized carbons (Fsp3) is 0.188. The molecular weight excluding hydrogens is 304 g/mol. The maximum absolute atomic E-state index is 6.21. The summed E-state index contributed by atoms with van der Waals surface area (Å²) >= 11 is 11.6. The van der Waals surface area contributed by atoms with Gasteiger partial charge in [0, 0.05) is 6.42 Å². The number of halogens is 1. The number of H-pyrrole nitrogens is 1. The summed E-state index contributed by atoms with van der Waals surface area (Å²) in [5.74, 6) is 0.979. The molecule has 2 heterocycles. The van der Waals surface area contributed by atoms with Crippen molar-refractivity contribution in [3.8, 4) is 5.75 Å². The Kier molecular flexibility index (Phi) is 3.01. The molecule has 1 N–H and O–H groups in total. The van der Waals surface area contributed by atoms with Gasteiger partial charge in [-0.2, -0.15) is 0 Å². The molecule has 1 unspecified atom stereocenters. The lowest BCUT2D eigenvalue weighted by molar-refractivity contribution is 0.210. The zero-order valence-corrected chi connectivity index (χ0v) is 12.7. The molecule has 5 heteroatoms. The third kappa shape index (κ3) is 2.15. The predicted molar refractivity (Wildman–Crippen MR) is 86.7 cm³/mol. The number of hydrogen-bond acceptors (Lipinski definition) is 2. The highest BCUT2D eigenvalue weighted by molar-refractivity contribution is 7.71. The lowest BCUT2D eigenvalue weighted by atomic mass is 10.1. The van der Waals surface area contributed by atoms with Crippen LogP contribution in [0.15, 0.2) is 42.5 Å². The van der Waals surface area contributed by atoms with Crippen molar-refractivity contribution in [1.29, 1.82) is 0 Å². The summed E-state index contributed by atoms with van der Waals surface area (Å²) in [6.45, 7) is 0.716. The van der Waals surface area contributed by atoms with Crippen LogP contribution in [-0.4, -0.2) is 15.7 Å². The van der Waals surface area contributed by atoms with Crippen LogP contribution in [0.1, 0.15) is 5.56 Å². The number of ether oxygens (including phenoxy) is 1. The van der Waals surface area contributed by atoms with Crippen LogP contribution in [0.4, 0.5) is 0 Å². The molecule has 3 aromatic rings. The molecule has 0 saturated heterocycles. The molecule has 0 bridgehead atoms. The van der Waals surface area contributed by atoms with Gasteiger partial charge < -0.3 is 14.3 Å². The van der Waals surface area contributed by atoms with E-state index >= 15 is 0 Å². The third-order valence-electron chi connectivity index (χ3n) is 3.86. The van der Waals surface area contributed by atoms with E-state index in [9.17, 15) is 0 Å². The van der Waals surface area contributed by atoms with Crippen LogP contribution in [0.25, 0.3) is 11.0 Å². The molecule has 1 aromatic heterocycles. The standard InChI is InChI=1S/C16H13ClN2OS/c17-12-5-3-6-13-15(12)18-16(21)19(13)9-11-8-10-4-1-2-7-14(10)20-11/h1-7,11H,8-9H2,(H,18,21). The average Bonchev–Trinajstić information content (AvgIpc) is 3.02. The van der Waals surface area contributed by atoms with Crippen molar-refractivity contribution < 1.29 is 4.74 Å². The molecule has 1 atom stereocenters. The van der Waals surface area contributed by atoms with Gasteiger partial charge in [-0.15, -0.1) is 0 Å². The molecule has 106 valence electrons. The van der Waals surface area contributed by atoms with E-state index < -0.39 is 0 Å². The Morgan fingerprint density at radius 2 is 2.10 bits per heavy atom. The number of rotatable bonds is 2. The molecule has 0 radical (unpaired) electrons. The smallest absolute Gasteiger partial charge is 0.178 e. The zero-order chi connectivity index (χ0) is 14.4. The number of aromatic amines is 1. The van der Waals surface area contributed by atoms with Crippen molar-refractivity contribution in [3.63, 3.8) is 0 Å². The first kappa shape index (κ1) is 12.9. The monoisotopic (exact) mass is 316 g/mol. The van der Waals surface area contributed by atoms with Crippen LogP contribution in [-0.2, 0) is 13.0 Å². The number of imidazole rings is 1. The number of fused-ring (bicyclic) bond motifs is 2. The van der Waals surface area contributed by atoms with E-state index in [2.05, 4.69) is 15.6 Å². The van der Waals surface area contributed by atoms with E-state index in [0.29, 0.717) is 16.3 Å². The molecule has 4 rings (SSSR count). The highest BCUT2D eigenvalue weighted by Gasteiger charge is 2.23. The summed E-state index contributed by atoms with van der Waals surface area (Å²) < 4.78 is 8.74. The summed E-state index contributed by atoms with van der Waals surface area (Å²) in [4.78, 5) is 3.18. The minimum absolute atomic E-state index is 0.104. The Balaban J connectivity index is 1.69.